The average Bonchev–Trinajstić information content (AvgIpc) is 2.37. The van der Waals surface area contributed by atoms with E-state index in [9.17, 15) is 14.9 Å². The maximum Gasteiger partial charge on any atom is 0.307 e. The van der Waals surface area contributed by atoms with Gasteiger partial charge in [-0.1, -0.05) is 0 Å². The van der Waals surface area contributed by atoms with Crippen LogP contribution in [-0.2, 0) is 16.0 Å². The monoisotopic (exact) mass is 268 g/mol. The molecule has 7 heteroatoms. The van der Waals surface area contributed by atoms with Crippen molar-refractivity contribution >= 4 is 11.7 Å². The number of hydrogen-bond donors (Lipinski definition) is 1. The van der Waals surface area contributed by atoms with Gasteiger partial charge in [-0.05, 0) is 18.6 Å². The van der Waals surface area contributed by atoms with Crippen molar-refractivity contribution < 1.29 is 19.2 Å². The number of carbonyl (C=O) groups excluding carboxylic acids is 1. The standard InChI is InChI=1S/C12H16N2O5/c1-18-10-3-4-11(14(16)17)8(6-10)5-9(13)7-12(15)19-2/h3-4,6,9H,5,7,13H2,1-2H3. The molecule has 0 aliphatic carbocycles. The topological polar surface area (TPSA) is 105 Å². The highest BCUT2D eigenvalue weighted by Gasteiger charge is 2.19. The Bertz CT molecular complexity index is 475. The quantitative estimate of drug-likeness (QED) is 0.469. The minimum absolute atomic E-state index is 0.00483. The molecule has 0 aliphatic heterocycles. The summed E-state index contributed by atoms with van der Waals surface area (Å²) in [6, 6.07) is 3.88. The Hall–Kier alpha value is -2.15. The molecule has 104 valence electrons. The van der Waals surface area contributed by atoms with Crippen LogP contribution in [-0.4, -0.2) is 31.2 Å². The first kappa shape index (κ1) is 14.9. The van der Waals surface area contributed by atoms with Gasteiger partial charge in [-0.3, -0.25) is 14.9 Å². The molecule has 0 radical (unpaired) electrons. The Morgan fingerprint density at radius 2 is 2.16 bits per heavy atom. The molecule has 0 spiro atoms. The maximum atomic E-state index is 11.1. The Morgan fingerprint density at radius 3 is 2.68 bits per heavy atom. The second kappa shape index (κ2) is 6.69. The van der Waals surface area contributed by atoms with Crippen molar-refractivity contribution in [3.63, 3.8) is 0 Å². The molecule has 0 heterocycles. The molecule has 1 aromatic carbocycles. The molecular formula is C12H16N2O5. The van der Waals surface area contributed by atoms with Gasteiger partial charge in [-0.15, -0.1) is 0 Å². The van der Waals surface area contributed by atoms with Crippen molar-refractivity contribution in [3.8, 4) is 5.75 Å². The number of carbonyl (C=O) groups is 1. The van der Waals surface area contributed by atoms with E-state index in [0.29, 0.717) is 11.3 Å². The summed E-state index contributed by atoms with van der Waals surface area (Å²) >= 11 is 0. The number of nitrogens with zero attached hydrogens (tertiary/aromatic N) is 1. The van der Waals surface area contributed by atoms with Crippen LogP contribution in [0.4, 0.5) is 5.69 Å². The van der Waals surface area contributed by atoms with E-state index in [1.54, 1.807) is 6.07 Å². The second-order valence-electron chi connectivity index (χ2n) is 4.00. The summed E-state index contributed by atoms with van der Waals surface area (Å²) in [7, 11) is 2.74. The smallest absolute Gasteiger partial charge is 0.307 e. The van der Waals surface area contributed by atoms with Crippen LogP contribution in [0.2, 0.25) is 0 Å². The van der Waals surface area contributed by atoms with Crippen LogP contribution in [0.15, 0.2) is 18.2 Å². The fourth-order valence-electron chi connectivity index (χ4n) is 1.68. The number of nitro benzene ring substituents is 1. The van der Waals surface area contributed by atoms with E-state index in [-0.39, 0.29) is 18.5 Å². The van der Waals surface area contributed by atoms with E-state index < -0.39 is 16.9 Å². The summed E-state index contributed by atoms with van der Waals surface area (Å²) in [5.74, 6) is 0.0592. The fourth-order valence-corrected chi connectivity index (χ4v) is 1.68. The molecule has 0 amide bonds. The average molecular weight is 268 g/mol. The van der Waals surface area contributed by atoms with E-state index in [4.69, 9.17) is 10.5 Å². The summed E-state index contributed by atoms with van der Waals surface area (Å²) in [4.78, 5) is 21.5. The highest BCUT2D eigenvalue weighted by molar-refractivity contribution is 5.70. The van der Waals surface area contributed by atoms with Gasteiger partial charge in [0.25, 0.3) is 5.69 Å². The zero-order valence-electron chi connectivity index (χ0n) is 10.8. The van der Waals surface area contributed by atoms with Crippen molar-refractivity contribution in [2.75, 3.05) is 14.2 Å². The SMILES string of the molecule is COC(=O)CC(N)Cc1cc(OC)ccc1[N+](=O)[O-]. The van der Waals surface area contributed by atoms with E-state index in [1.165, 1.54) is 26.4 Å². The van der Waals surface area contributed by atoms with Crippen molar-refractivity contribution in [1.82, 2.24) is 0 Å². The number of rotatable bonds is 6. The third kappa shape index (κ3) is 4.22. The van der Waals surface area contributed by atoms with E-state index >= 15 is 0 Å². The van der Waals surface area contributed by atoms with Gasteiger partial charge < -0.3 is 15.2 Å². The van der Waals surface area contributed by atoms with Crippen LogP contribution in [0.5, 0.6) is 5.75 Å². The fraction of sp³-hybridized carbons (Fsp3) is 0.417. The molecule has 1 unspecified atom stereocenters. The predicted octanol–water partition coefficient (Wildman–Crippen LogP) is 1.04. The summed E-state index contributed by atoms with van der Waals surface area (Å²) in [5.41, 5.74) is 6.17. The summed E-state index contributed by atoms with van der Waals surface area (Å²) in [6.45, 7) is 0. The number of methoxy groups -OCH3 is 2. The molecule has 0 aliphatic rings. The molecule has 1 aromatic rings. The highest BCUT2D eigenvalue weighted by Crippen LogP contribution is 2.25. The Kier molecular flexibility index (Phi) is 5.25. The van der Waals surface area contributed by atoms with E-state index in [1.807, 2.05) is 0 Å². The van der Waals surface area contributed by atoms with Gasteiger partial charge in [-0.25, -0.2) is 0 Å². The molecule has 0 fully saturated rings. The van der Waals surface area contributed by atoms with Gasteiger partial charge >= 0.3 is 5.97 Å². The van der Waals surface area contributed by atoms with Crippen LogP contribution >= 0.6 is 0 Å². The van der Waals surface area contributed by atoms with Crippen LogP contribution < -0.4 is 10.5 Å². The molecule has 7 nitrogen and oxygen atoms in total. The predicted molar refractivity (Wildman–Crippen MR) is 68.0 cm³/mol. The van der Waals surface area contributed by atoms with Gasteiger partial charge in [0.2, 0.25) is 0 Å². The first-order chi connectivity index (χ1) is 8.97. The van der Waals surface area contributed by atoms with Crippen LogP contribution in [0, 0.1) is 10.1 Å². The first-order valence-electron chi connectivity index (χ1n) is 5.61. The zero-order valence-corrected chi connectivity index (χ0v) is 10.8. The molecule has 0 saturated carbocycles. The van der Waals surface area contributed by atoms with E-state index in [2.05, 4.69) is 4.74 Å². The molecule has 1 atom stereocenters. The highest BCUT2D eigenvalue weighted by atomic mass is 16.6. The normalized spacial score (nSPS) is 11.7. The number of ether oxygens (including phenoxy) is 2. The lowest BCUT2D eigenvalue weighted by molar-refractivity contribution is -0.385. The summed E-state index contributed by atoms with van der Waals surface area (Å²) in [6.07, 6.45) is 0.202. The lowest BCUT2D eigenvalue weighted by atomic mass is 10.0. The van der Waals surface area contributed by atoms with Gasteiger partial charge in [0, 0.05) is 17.7 Å². The molecular weight excluding hydrogens is 252 g/mol. The largest absolute Gasteiger partial charge is 0.497 e. The summed E-state index contributed by atoms with van der Waals surface area (Å²) < 4.78 is 9.52. The Labute approximate surface area is 110 Å². The van der Waals surface area contributed by atoms with Crippen molar-refractivity contribution in [2.45, 2.75) is 18.9 Å². The van der Waals surface area contributed by atoms with E-state index in [0.717, 1.165) is 0 Å². The van der Waals surface area contributed by atoms with Crippen molar-refractivity contribution in [2.24, 2.45) is 5.73 Å². The third-order valence-electron chi connectivity index (χ3n) is 2.62. The lowest BCUT2D eigenvalue weighted by Gasteiger charge is -2.11. The molecule has 0 aromatic heterocycles. The van der Waals surface area contributed by atoms with Crippen molar-refractivity contribution in [3.05, 3.63) is 33.9 Å². The number of nitro groups is 1. The minimum Gasteiger partial charge on any atom is -0.497 e. The lowest BCUT2D eigenvalue weighted by Crippen LogP contribution is -2.27. The zero-order chi connectivity index (χ0) is 14.4. The second-order valence-corrected chi connectivity index (χ2v) is 4.00. The molecule has 1 rings (SSSR count). The third-order valence-corrected chi connectivity index (χ3v) is 2.62. The molecule has 0 saturated heterocycles. The minimum atomic E-state index is -0.543. The van der Waals surface area contributed by atoms with Gasteiger partial charge in [0.1, 0.15) is 5.75 Å². The van der Waals surface area contributed by atoms with Gasteiger partial charge in [0.05, 0.1) is 25.6 Å². The van der Waals surface area contributed by atoms with Crippen LogP contribution in [0.25, 0.3) is 0 Å². The number of benzene rings is 1. The van der Waals surface area contributed by atoms with Crippen molar-refractivity contribution in [1.29, 1.82) is 0 Å². The van der Waals surface area contributed by atoms with Gasteiger partial charge in [0.15, 0.2) is 0 Å². The molecule has 2 N–H and O–H groups in total. The number of hydrogen-bond acceptors (Lipinski definition) is 6. The van der Waals surface area contributed by atoms with Gasteiger partial charge in [-0.2, -0.15) is 0 Å². The Balaban J connectivity index is 2.91. The summed E-state index contributed by atoms with van der Waals surface area (Å²) in [5, 5.41) is 10.9. The number of nitrogens with two attached hydrogens (primary N) is 1. The van der Waals surface area contributed by atoms with Crippen LogP contribution in [0.3, 0.4) is 0 Å². The number of esters is 1. The molecule has 19 heavy (non-hydrogen) atoms. The molecule has 0 bridgehead atoms. The first-order valence-corrected chi connectivity index (χ1v) is 5.61. The maximum absolute atomic E-state index is 11.1. The van der Waals surface area contributed by atoms with Crippen LogP contribution in [0.1, 0.15) is 12.0 Å². The Morgan fingerprint density at radius 1 is 1.47 bits per heavy atom.